The molecule has 0 heterocycles. The number of carboxylic acids is 1. The molecule has 2 N–H and O–H groups in total. The Labute approximate surface area is 217 Å². The summed E-state index contributed by atoms with van der Waals surface area (Å²) in [6.07, 6.45) is 8.78. The number of nitrogens with one attached hydrogen (secondary N) is 2. The van der Waals surface area contributed by atoms with E-state index in [0.29, 0.717) is 11.1 Å². The van der Waals surface area contributed by atoms with Crippen molar-refractivity contribution in [3.8, 4) is 36.2 Å². The van der Waals surface area contributed by atoms with Crippen molar-refractivity contribution in [1.29, 1.82) is 0 Å². The molecule has 0 aliphatic carbocycles. The second-order valence-electron chi connectivity index (χ2n) is 6.45. The third-order valence-corrected chi connectivity index (χ3v) is 4.12. The molecule has 0 atom stereocenters. The topological polar surface area (TPSA) is 117 Å². The van der Waals surface area contributed by atoms with Gasteiger partial charge in [-0.3, -0.25) is 10.6 Å². The van der Waals surface area contributed by atoms with Crippen molar-refractivity contribution < 1.29 is 58.5 Å². The average Bonchev–Trinajstić information content (AvgIpc) is 2.79. The quantitative estimate of drug-likeness (QED) is 0.415. The standard InChI is InChI=1S/C25H16N2O6.Na/c1-3-16-5-9-21(10-6-16)32-24(30)26-19-13-18(23(28)29)14-20(15-19)27-25(31)33-22-11-7-17(4-2)8-12-22;/h1-2,5-15H,(H,26,30)(H,27,31)(H,28,29);/q;+1/p-1. The third-order valence-electron chi connectivity index (χ3n) is 4.12. The molecule has 3 rings (SSSR count). The number of carboxylic acid groups (broad SMARTS) is 1. The minimum Gasteiger partial charge on any atom is -0.545 e. The minimum atomic E-state index is -1.52. The van der Waals surface area contributed by atoms with Crippen LogP contribution < -0.4 is 54.8 Å². The first-order valence-corrected chi connectivity index (χ1v) is 9.34. The van der Waals surface area contributed by atoms with E-state index in [0.717, 1.165) is 12.1 Å². The number of rotatable bonds is 5. The summed E-state index contributed by atoms with van der Waals surface area (Å²) in [5, 5.41) is 16.1. The van der Waals surface area contributed by atoms with Gasteiger partial charge in [0.25, 0.3) is 0 Å². The van der Waals surface area contributed by atoms with Crippen LogP contribution in [0.1, 0.15) is 21.5 Å². The summed E-state index contributed by atoms with van der Waals surface area (Å²) in [5.41, 5.74) is 1.00. The monoisotopic (exact) mass is 462 g/mol. The Kier molecular flexibility index (Phi) is 9.30. The molecule has 34 heavy (non-hydrogen) atoms. The Bertz CT molecular complexity index is 1200. The molecule has 0 radical (unpaired) electrons. The molecule has 3 aromatic rings. The van der Waals surface area contributed by atoms with Gasteiger partial charge in [0, 0.05) is 28.1 Å². The molecule has 3 aromatic carbocycles. The second-order valence-corrected chi connectivity index (χ2v) is 6.45. The number of anilines is 2. The van der Waals surface area contributed by atoms with Crippen LogP contribution in [0.5, 0.6) is 11.5 Å². The number of carbonyl (C=O) groups is 3. The normalized spacial score (nSPS) is 9.35. The molecule has 2 amide bonds. The van der Waals surface area contributed by atoms with Gasteiger partial charge >= 0.3 is 41.7 Å². The number of amides is 2. The zero-order valence-electron chi connectivity index (χ0n) is 18.0. The summed E-state index contributed by atoms with van der Waals surface area (Å²) in [6, 6.07) is 16.0. The van der Waals surface area contributed by atoms with E-state index in [-0.39, 0.29) is 58.0 Å². The van der Waals surface area contributed by atoms with Crippen molar-refractivity contribution in [3.63, 3.8) is 0 Å². The number of hydrogen-bond donors (Lipinski definition) is 2. The van der Waals surface area contributed by atoms with Crippen LogP contribution in [0, 0.1) is 24.7 Å². The van der Waals surface area contributed by atoms with Crippen LogP contribution in [0.2, 0.25) is 0 Å². The maximum Gasteiger partial charge on any atom is 1.00 e. The maximum atomic E-state index is 12.2. The van der Waals surface area contributed by atoms with E-state index >= 15 is 0 Å². The number of carbonyl (C=O) groups excluding carboxylic acids is 3. The molecule has 0 spiro atoms. The number of hydrogen-bond acceptors (Lipinski definition) is 6. The summed E-state index contributed by atoms with van der Waals surface area (Å²) in [6.45, 7) is 0. The van der Waals surface area contributed by atoms with E-state index in [4.69, 9.17) is 22.3 Å². The van der Waals surface area contributed by atoms with Crippen LogP contribution in [0.25, 0.3) is 0 Å². The predicted octanol–water partition coefficient (Wildman–Crippen LogP) is 0.238. The van der Waals surface area contributed by atoms with E-state index < -0.39 is 18.2 Å². The summed E-state index contributed by atoms with van der Waals surface area (Å²) in [5.74, 6) is 3.80. The van der Waals surface area contributed by atoms with Crippen LogP contribution in [0.3, 0.4) is 0 Å². The molecular formula is C25H15N2NaO6. The molecular weight excluding hydrogens is 447 g/mol. The largest absolute Gasteiger partial charge is 1.00 e. The van der Waals surface area contributed by atoms with Crippen molar-refractivity contribution >= 4 is 29.5 Å². The molecule has 0 aliphatic rings. The Morgan fingerprint density at radius 3 is 1.41 bits per heavy atom. The number of ether oxygens (including phenoxy) is 2. The summed E-state index contributed by atoms with van der Waals surface area (Å²) < 4.78 is 10.3. The summed E-state index contributed by atoms with van der Waals surface area (Å²) in [7, 11) is 0. The van der Waals surface area contributed by atoms with E-state index in [2.05, 4.69) is 22.5 Å². The fourth-order valence-electron chi connectivity index (χ4n) is 2.63. The zero-order valence-corrected chi connectivity index (χ0v) is 20.0. The van der Waals surface area contributed by atoms with Crippen LogP contribution in [0.4, 0.5) is 21.0 Å². The third kappa shape index (κ3) is 7.44. The molecule has 0 saturated heterocycles. The first kappa shape index (κ1) is 26.0. The first-order chi connectivity index (χ1) is 15.9. The summed E-state index contributed by atoms with van der Waals surface area (Å²) in [4.78, 5) is 35.7. The van der Waals surface area contributed by atoms with Gasteiger partial charge in [0.05, 0.1) is 5.97 Å². The van der Waals surface area contributed by atoms with Crippen LogP contribution in [0.15, 0.2) is 66.7 Å². The minimum absolute atomic E-state index is 0. The van der Waals surface area contributed by atoms with Crippen LogP contribution in [-0.2, 0) is 0 Å². The zero-order chi connectivity index (χ0) is 23.8. The smallest absolute Gasteiger partial charge is 0.545 e. The molecule has 0 aromatic heterocycles. The van der Waals surface area contributed by atoms with Crippen molar-refractivity contribution in [2.24, 2.45) is 0 Å². The van der Waals surface area contributed by atoms with Crippen molar-refractivity contribution in [1.82, 2.24) is 0 Å². The van der Waals surface area contributed by atoms with Crippen molar-refractivity contribution in [2.45, 2.75) is 0 Å². The Hall–Kier alpha value is -4.21. The van der Waals surface area contributed by atoms with Crippen molar-refractivity contribution in [3.05, 3.63) is 83.4 Å². The molecule has 0 fully saturated rings. The van der Waals surface area contributed by atoms with E-state index in [9.17, 15) is 19.5 Å². The molecule has 0 unspecified atom stereocenters. The maximum absolute atomic E-state index is 12.2. The molecule has 8 nitrogen and oxygen atoms in total. The Morgan fingerprint density at radius 2 is 1.09 bits per heavy atom. The summed E-state index contributed by atoms with van der Waals surface area (Å²) >= 11 is 0. The van der Waals surface area contributed by atoms with Gasteiger partial charge in [-0.15, -0.1) is 12.8 Å². The fraction of sp³-hybridized carbons (Fsp3) is 0. The molecule has 0 saturated carbocycles. The van der Waals surface area contributed by atoms with Gasteiger partial charge < -0.3 is 19.4 Å². The first-order valence-electron chi connectivity index (χ1n) is 9.34. The average molecular weight is 462 g/mol. The molecule has 0 aliphatic heterocycles. The van der Waals surface area contributed by atoms with E-state index in [1.54, 1.807) is 24.3 Å². The SMILES string of the molecule is C#Cc1ccc(OC(=O)Nc2cc(NC(=O)Oc3ccc(C#C)cc3)cc(C(=O)[O-])c2)cc1.[Na+]. The Balaban J connectivity index is 0.00000408. The number of benzene rings is 3. The predicted molar refractivity (Wildman–Crippen MR) is 119 cm³/mol. The second kappa shape index (κ2) is 12.1. The molecule has 9 heteroatoms. The van der Waals surface area contributed by atoms with Gasteiger partial charge in [-0.05, 0) is 66.7 Å². The molecule has 0 bridgehead atoms. The van der Waals surface area contributed by atoms with Crippen molar-refractivity contribution in [2.75, 3.05) is 10.6 Å². The van der Waals surface area contributed by atoms with Gasteiger partial charge in [-0.1, -0.05) is 11.8 Å². The van der Waals surface area contributed by atoms with E-state index in [1.807, 2.05) is 0 Å². The Morgan fingerprint density at radius 1 is 0.706 bits per heavy atom. The van der Waals surface area contributed by atoms with Gasteiger partial charge in [0.1, 0.15) is 11.5 Å². The van der Waals surface area contributed by atoms with Crippen LogP contribution in [-0.4, -0.2) is 18.2 Å². The number of terminal acetylenes is 2. The fourth-order valence-corrected chi connectivity index (χ4v) is 2.63. The number of aromatic carboxylic acids is 1. The van der Waals surface area contributed by atoms with Crippen LogP contribution >= 0.6 is 0 Å². The van der Waals surface area contributed by atoms with Gasteiger partial charge in [-0.25, -0.2) is 9.59 Å². The van der Waals surface area contributed by atoms with Gasteiger partial charge in [0.2, 0.25) is 0 Å². The molecule has 162 valence electrons. The van der Waals surface area contributed by atoms with Gasteiger partial charge in [0.15, 0.2) is 0 Å². The van der Waals surface area contributed by atoms with E-state index in [1.165, 1.54) is 30.3 Å². The van der Waals surface area contributed by atoms with Gasteiger partial charge in [-0.2, -0.15) is 0 Å².